The molecule has 0 saturated heterocycles. The predicted octanol–water partition coefficient (Wildman–Crippen LogP) is 3.27. The minimum atomic E-state index is -0.497. The maximum atomic E-state index is 12.0. The van der Waals surface area contributed by atoms with Crippen LogP contribution in [0.3, 0.4) is 0 Å². The summed E-state index contributed by atoms with van der Waals surface area (Å²) < 4.78 is 16.2. The Morgan fingerprint density at radius 2 is 2.03 bits per heavy atom. The van der Waals surface area contributed by atoms with Crippen molar-refractivity contribution in [3.63, 3.8) is 0 Å². The van der Waals surface area contributed by atoms with E-state index in [1.807, 2.05) is 0 Å². The summed E-state index contributed by atoms with van der Waals surface area (Å²) in [4.78, 5) is 23.8. The number of urea groups is 1. The van der Waals surface area contributed by atoms with Crippen LogP contribution in [0.2, 0.25) is 0 Å². The molecule has 1 aromatic heterocycles. The number of carbonyl (C=O) groups excluding carboxylic acids is 2. The van der Waals surface area contributed by atoms with Gasteiger partial charge < -0.3 is 19.2 Å². The summed E-state index contributed by atoms with van der Waals surface area (Å²) in [6.45, 7) is 0.699. The monoisotopic (exact) mass is 430 g/mol. The van der Waals surface area contributed by atoms with Gasteiger partial charge >= 0.3 is 6.03 Å². The molecule has 3 amide bonds. The van der Waals surface area contributed by atoms with Crippen LogP contribution in [0.1, 0.15) is 32.1 Å². The molecule has 0 radical (unpaired) electrons. The van der Waals surface area contributed by atoms with Gasteiger partial charge in [0.1, 0.15) is 0 Å². The summed E-state index contributed by atoms with van der Waals surface area (Å²) in [7, 11) is 0. The van der Waals surface area contributed by atoms with Crippen LogP contribution in [0.5, 0.6) is 11.5 Å². The standard InChI is InChI=1S/C20H22N4O5S/c25-17(22-19(26)21-9-8-13-4-2-1-3-5-13)11-30-20-24-23-18(29-20)14-6-7-15-16(10-14)28-12-27-15/h4,6-7,10H,1-3,5,8-9,11-12H2,(H2,21,22,25,26). The Morgan fingerprint density at radius 3 is 2.90 bits per heavy atom. The van der Waals surface area contributed by atoms with Crippen molar-refractivity contribution in [1.82, 2.24) is 20.8 Å². The molecule has 0 bridgehead atoms. The number of hydrogen-bond donors (Lipinski definition) is 2. The lowest BCUT2D eigenvalue weighted by atomic mass is 9.97. The zero-order valence-electron chi connectivity index (χ0n) is 16.3. The molecule has 30 heavy (non-hydrogen) atoms. The molecule has 9 nitrogen and oxygen atoms in total. The van der Waals surface area contributed by atoms with E-state index >= 15 is 0 Å². The lowest BCUT2D eigenvalue weighted by Gasteiger charge is -2.13. The van der Waals surface area contributed by atoms with E-state index in [0.717, 1.165) is 31.0 Å². The Bertz CT molecular complexity index is 958. The van der Waals surface area contributed by atoms with Crippen molar-refractivity contribution >= 4 is 23.7 Å². The van der Waals surface area contributed by atoms with Crippen molar-refractivity contribution in [3.05, 3.63) is 29.8 Å². The fourth-order valence-corrected chi connectivity index (χ4v) is 3.78. The summed E-state index contributed by atoms with van der Waals surface area (Å²) in [6, 6.07) is 4.81. The molecule has 158 valence electrons. The molecule has 2 N–H and O–H groups in total. The van der Waals surface area contributed by atoms with Gasteiger partial charge in [-0.3, -0.25) is 10.1 Å². The highest BCUT2D eigenvalue weighted by Gasteiger charge is 2.17. The van der Waals surface area contributed by atoms with E-state index < -0.39 is 11.9 Å². The van der Waals surface area contributed by atoms with Gasteiger partial charge in [0.05, 0.1) is 5.75 Å². The lowest BCUT2D eigenvalue weighted by molar-refractivity contribution is -0.117. The zero-order valence-corrected chi connectivity index (χ0v) is 17.1. The molecule has 0 fully saturated rings. The highest BCUT2D eigenvalue weighted by Crippen LogP contribution is 2.36. The highest BCUT2D eigenvalue weighted by atomic mass is 32.2. The second kappa shape index (κ2) is 9.66. The third-order valence-corrected chi connectivity index (χ3v) is 5.54. The predicted molar refractivity (Wildman–Crippen MR) is 109 cm³/mol. The second-order valence-electron chi connectivity index (χ2n) is 6.89. The van der Waals surface area contributed by atoms with Crippen molar-refractivity contribution in [3.8, 4) is 23.0 Å². The number of ether oxygens (including phenoxy) is 2. The molecule has 1 aromatic carbocycles. The summed E-state index contributed by atoms with van der Waals surface area (Å²) in [5.74, 6) is 1.15. The first kappa shape index (κ1) is 20.3. The minimum Gasteiger partial charge on any atom is -0.454 e. The molecule has 1 aliphatic heterocycles. The molecular formula is C20H22N4O5S. The van der Waals surface area contributed by atoms with Crippen molar-refractivity contribution in [2.24, 2.45) is 0 Å². The quantitative estimate of drug-likeness (QED) is 0.508. The topological polar surface area (TPSA) is 116 Å². The van der Waals surface area contributed by atoms with Gasteiger partial charge in [-0.1, -0.05) is 23.4 Å². The van der Waals surface area contributed by atoms with E-state index in [2.05, 4.69) is 26.9 Å². The first-order valence-electron chi connectivity index (χ1n) is 9.79. The normalized spacial score (nSPS) is 14.9. The molecule has 0 unspecified atom stereocenters. The van der Waals surface area contributed by atoms with Crippen molar-refractivity contribution in [2.45, 2.75) is 37.3 Å². The molecular weight excluding hydrogens is 408 g/mol. The smallest absolute Gasteiger partial charge is 0.321 e. The van der Waals surface area contributed by atoms with Gasteiger partial charge in [-0.15, -0.1) is 10.2 Å². The van der Waals surface area contributed by atoms with Gasteiger partial charge in [0.15, 0.2) is 11.5 Å². The van der Waals surface area contributed by atoms with Crippen molar-refractivity contribution in [1.29, 1.82) is 0 Å². The Morgan fingerprint density at radius 1 is 1.13 bits per heavy atom. The minimum absolute atomic E-state index is 0.0126. The Balaban J connectivity index is 1.19. The maximum Gasteiger partial charge on any atom is 0.321 e. The summed E-state index contributed by atoms with van der Waals surface area (Å²) in [5.41, 5.74) is 2.06. The van der Waals surface area contributed by atoms with E-state index in [1.165, 1.54) is 18.4 Å². The first-order valence-corrected chi connectivity index (χ1v) is 10.8. The van der Waals surface area contributed by atoms with Crippen LogP contribution >= 0.6 is 11.8 Å². The molecule has 0 saturated carbocycles. The average Bonchev–Trinajstić information content (AvgIpc) is 3.42. The molecule has 2 aromatic rings. The first-order chi connectivity index (χ1) is 14.7. The van der Waals surface area contributed by atoms with Crippen LogP contribution in [0.15, 0.2) is 39.5 Å². The zero-order chi connectivity index (χ0) is 20.8. The molecule has 10 heteroatoms. The van der Waals surface area contributed by atoms with E-state index in [1.54, 1.807) is 18.2 Å². The van der Waals surface area contributed by atoms with Crippen LogP contribution in [-0.4, -0.2) is 41.2 Å². The van der Waals surface area contributed by atoms with Gasteiger partial charge in [-0.05, 0) is 50.3 Å². The van der Waals surface area contributed by atoms with E-state index in [-0.39, 0.29) is 17.8 Å². The number of aromatic nitrogens is 2. The van der Waals surface area contributed by atoms with Crippen LogP contribution < -0.4 is 20.1 Å². The summed E-state index contributed by atoms with van der Waals surface area (Å²) in [5, 5.41) is 13.2. The number of rotatable bonds is 7. The number of benzene rings is 1. The van der Waals surface area contributed by atoms with Crippen molar-refractivity contribution < 1.29 is 23.5 Å². The number of imide groups is 1. The van der Waals surface area contributed by atoms with Crippen LogP contribution in [0.4, 0.5) is 4.79 Å². The van der Waals surface area contributed by atoms with Gasteiger partial charge in [-0.2, -0.15) is 0 Å². The number of nitrogens with zero attached hydrogens (tertiary/aromatic N) is 2. The molecule has 4 rings (SSSR count). The number of nitrogens with one attached hydrogen (secondary N) is 2. The van der Waals surface area contributed by atoms with E-state index in [4.69, 9.17) is 13.9 Å². The molecule has 2 aliphatic rings. The lowest BCUT2D eigenvalue weighted by Crippen LogP contribution is -2.40. The fraction of sp³-hybridized carbons (Fsp3) is 0.400. The third-order valence-electron chi connectivity index (χ3n) is 4.72. The summed E-state index contributed by atoms with van der Waals surface area (Å²) >= 11 is 1.06. The highest BCUT2D eigenvalue weighted by molar-refractivity contribution is 7.99. The Labute approximate surface area is 177 Å². The number of thioether (sulfide) groups is 1. The number of hydrogen-bond acceptors (Lipinski definition) is 8. The molecule has 0 atom stereocenters. The number of allylic oxidation sites excluding steroid dienone is 1. The van der Waals surface area contributed by atoms with Gasteiger partial charge in [0.2, 0.25) is 18.6 Å². The average molecular weight is 430 g/mol. The fourth-order valence-electron chi connectivity index (χ4n) is 3.22. The SMILES string of the molecule is O=C(CSc1nnc(-c2ccc3c(c2)OCO3)o1)NC(=O)NCCC1=CCCCC1. The van der Waals surface area contributed by atoms with Crippen LogP contribution in [0.25, 0.3) is 11.5 Å². The van der Waals surface area contributed by atoms with Crippen LogP contribution in [-0.2, 0) is 4.79 Å². The molecule has 0 spiro atoms. The van der Waals surface area contributed by atoms with Crippen LogP contribution in [0, 0.1) is 0 Å². The van der Waals surface area contributed by atoms with E-state index in [9.17, 15) is 9.59 Å². The van der Waals surface area contributed by atoms with Crippen molar-refractivity contribution in [2.75, 3.05) is 19.1 Å². The van der Waals surface area contributed by atoms with Gasteiger partial charge in [0.25, 0.3) is 5.22 Å². The Hall–Kier alpha value is -3.01. The maximum absolute atomic E-state index is 12.0. The van der Waals surface area contributed by atoms with Gasteiger partial charge in [0, 0.05) is 12.1 Å². The molecule has 2 heterocycles. The second-order valence-corrected chi connectivity index (χ2v) is 7.82. The summed E-state index contributed by atoms with van der Waals surface area (Å²) in [6.07, 6.45) is 7.72. The molecule has 1 aliphatic carbocycles. The third kappa shape index (κ3) is 5.32. The van der Waals surface area contributed by atoms with E-state index in [0.29, 0.717) is 29.5 Å². The van der Waals surface area contributed by atoms with Gasteiger partial charge in [-0.25, -0.2) is 4.79 Å². The number of fused-ring (bicyclic) bond motifs is 1. The number of amides is 3. The largest absolute Gasteiger partial charge is 0.454 e. The Kier molecular flexibility index (Phi) is 6.53. The number of carbonyl (C=O) groups is 2.